The number of nitrogens with one attached hydrogen (secondary N) is 1. The van der Waals surface area contributed by atoms with Crippen molar-refractivity contribution in [2.24, 2.45) is 5.11 Å². The van der Waals surface area contributed by atoms with Gasteiger partial charge in [-0.15, -0.1) is 0 Å². The smallest absolute Gasteiger partial charge is 0.254 e. The molecule has 2 aliphatic carbocycles. The standard InChI is InChI=1S/C25H23N7O/c26-13-17-3-1-2-4-22(17)16-5-9-23(18(11-16)14-29-31-27)25(33)32(20-6-7-20)21-8-10-24-19(12-21)15-28-30-24/h1-5,9,11,15,20-21H,6-8,10,12,14H2,(H,28,30). The van der Waals surface area contributed by atoms with Crippen molar-refractivity contribution in [3.63, 3.8) is 0 Å². The second-order valence-electron chi connectivity index (χ2n) is 8.63. The van der Waals surface area contributed by atoms with E-state index in [-0.39, 0.29) is 24.5 Å². The van der Waals surface area contributed by atoms with Gasteiger partial charge in [0.1, 0.15) is 0 Å². The first-order valence-corrected chi connectivity index (χ1v) is 11.2. The maximum atomic E-state index is 13.8. The number of hydrogen-bond donors (Lipinski definition) is 1. The van der Waals surface area contributed by atoms with Gasteiger partial charge >= 0.3 is 0 Å². The molecule has 1 atom stereocenters. The highest BCUT2D eigenvalue weighted by Crippen LogP contribution is 2.36. The molecule has 8 nitrogen and oxygen atoms in total. The first-order chi connectivity index (χ1) is 16.2. The van der Waals surface area contributed by atoms with Crippen molar-refractivity contribution in [1.29, 1.82) is 5.26 Å². The molecule has 164 valence electrons. The Hall–Kier alpha value is -4.08. The first-order valence-electron chi connectivity index (χ1n) is 11.2. The van der Waals surface area contributed by atoms with E-state index in [4.69, 9.17) is 5.53 Å². The lowest BCUT2D eigenvalue weighted by Crippen LogP contribution is -2.45. The zero-order valence-corrected chi connectivity index (χ0v) is 18.1. The lowest BCUT2D eigenvalue weighted by Gasteiger charge is -2.35. The third-order valence-corrected chi connectivity index (χ3v) is 6.56. The van der Waals surface area contributed by atoms with E-state index in [2.05, 4.69) is 26.3 Å². The molecule has 1 unspecified atom stereocenters. The summed E-state index contributed by atoms with van der Waals surface area (Å²) < 4.78 is 0. The Morgan fingerprint density at radius 1 is 1.24 bits per heavy atom. The van der Waals surface area contributed by atoms with Gasteiger partial charge in [-0.25, -0.2) is 0 Å². The normalized spacial score (nSPS) is 16.9. The molecule has 0 radical (unpaired) electrons. The van der Waals surface area contributed by atoms with Gasteiger partial charge in [0.15, 0.2) is 0 Å². The first kappa shape index (κ1) is 20.8. The van der Waals surface area contributed by atoms with Crippen LogP contribution in [0.25, 0.3) is 21.6 Å². The molecule has 1 heterocycles. The Morgan fingerprint density at radius 2 is 2.09 bits per heavy atom. The van der Waals surface area contributed by atoms with Gasteiger partial charge in [0.25, 0.3) is 5.91 Å². The second-order valence-corrected chi connectivity index (χ2v) is 8.63. The van der Waals surface area contributed by atoms with Crippen molar-refractivity contribution in [2.75, 3.05) is 0 Å². The predicted molar refractivity (Wildman–Crippen MR) is 123 cm³/mol. The molecular formula is C25H23N7O. The van der Waals surface area contributed by atoms with Gasteiger partial charge in [-0.3, -0.25) is 9.89 Å². The third-order valence-electron chi connectivity index (χ3n) is 6.56. The molecule has 0 spiro atoms. The number of nitriles is 1. The van der Waals surface area contributed by atoms with Crippen molar-refractivity contribution in [3.05, 3.63) is 87.1 Å². The van der Waals surface area contributed by atoms with Gasteiger partial charge in [-0.2, -0.15) is 10.4 Å². The molecule has 5 rings (SSSR count). The molecule has 8 heteroatoms. The molecule has 0 bridgehead atoms. The van der Waals surface area contributed by atoms with Crippen LogP contribution in [0.1, 0.15) is 52.0 Å². The number of fused-ring (bicyclic) bond motifs is 1. The number of carbonyl (C=O) groups excluding carboxylic acids is 1. The van der Waals surface area contributed by atoms with Crippen molar-refractivity contribution in [3.8, 4) is 17.2 Å². The van der Waals surface area contributed by atoms with E-state index in [0.29, 0.717) is 16.7 Å². The van der Waals surface area contributed by atoms with Crippen molar-refractivity contribution >= 4 is 5.91 Å². The number of aryl methyl sites for hydroxylation is 1. The van der Waals surface area contributed by atoms with Crippen LogP contribution in [-0.2, 0) is 19.4 Å². The number of hydrogen-bond acceptors (Lipinski definition) is 4. The minimum absolute atomic E-state index is 0.0160. The number of azide groups is 1. The zero-order valence-electron chi connectivity index (χ0n) is 18.1. The van der Waals surface area contributed by atoms with Gasteiger partial charge in [-0.1, -0.05) is 35.4 Å². The molecule has 1 amide bonds. The highest BCUT2D eigenvalue weighted by atomic mass is 16.2. The largest absolute Gasteiger partial charge is 0.332 e. The number of carbonyl (C=O) groups is 1. The molecule has 0 aliphatic heterocycles. The summed E-state index contributed by atoms with van der Waals surface area (Å²) in [5.41, 5.74) is 14.7. The highest BCUT2D eigenvalue weighted by Gasteiger charge is 2.39. The zero-order chi connectivity index (χ0) is 22.8. The van der Waals surface area contributed by atoms with E-state index in [9.17, 15) is 10.1 Å². The van der Waals surface area contributed by atoms with Crippen LogP contribution in [0, 0.1) is 11.3 Å². The van der Waals surface area contributed by atoms with Crippen LogP contribution in [0.15, 0.2) is 53.8 Å². The lowest BCUT2D eigenvalue weighted by atomic mass is 9.91. The Labute approximate surface area is 191 Å². The monoisotopic (exact) mass is 437 g/mol. The molecule has 1 aromatic heterocycles. The van der Waals surface area contributed by atoms with E-state index >= 15 is 0 Å². The van der Waals surface area contributed by atoms with Gasteiger partial charge in [0, 0.05) is 28.3 Å². The van der Waals surface area contributed by atoms with Gasteiger partial charge in [-0.05, 0) is 72.0 Å². The van der Waals surface area contributed by atoms with Crippen molar-refractivity contribution in [2.45, 2.75) is 50.7 Å². The highest BCUT2D eigenvalue weighted by molar-refractivity contribution is 5.97. The number of aromatic amines is 1. The molecule has 2 aliphatic rings. The summed E-state index contributed by atoms with van der Waals surface area (Å²) in [6, 6.07) is 15.5. The fourth-order valence-electron chi connectivity index (χ4n) is 4.80. The van der Waals surface area contributed by atoms with Gasteiger partial charge in [0.2, 0.25) is 0 Å². The van der Waals surface area contributed by atoms with Crippen LogP contribution < -0.4 is 0 Å². The van der Waals surface area contributed by atoms with E-state index in [1.807, 2.05) is 47.5 Å². The van der Waals surface area contributed by atoms with Crippen LogP contribution in [-0.4, -0.2) is 33.1 Å². The summed E-state index contributed by atoms with van der Waals surface area (Å²) >= 11 is 0. The number of amides is 1. The fraction of sp³-hybridized carbons (Fsp3) is 0.320. The fourth-order valence-corrected chi connectivity index (χ4v) is 4.80. The minimum Gasteiger partial charge on any atom is -0.332 e. The summed E-state index contributed by atoms with van der Waals surface area (Å²) in [5, 5.41) is 20.5. The maximum Gasteiger partial charge on any atom is 0.254 e. The van der Waals surface area contributed by atoms with E-state index in [1.165, 1.54) is 11.3 Å². The summed E-state index contributed by atoms with van der Waals surface area (Å²) in [5.74, 6) is -0.0160. The van der Waals surface area contributed by atoms with E-state index in [1.54, 1.807) is 6.07 Å². The van der Waals surface area contributed by atoms with Crippen LogP contribution in [0.4, 0.5) is 0 Å². The molecule has 2 aromatic carbocycles. The van der Waals surface area contributed by atoms with Crippen LogP contribution in [0.5, 0.6) is 0 Å². The molecule has 3 aromatic rings. The van der Waals surface area contributed by atoms with Crippen molar-refractivity contribution in [1.82, 2.24) is 15.1 Å². The molecule has 33 heavy (non-hydrogen) atoms. The average molecular weight is 438 g/mol. The number of nitrogens with zero attached hydrogens (tertiary/aromatic N) is 6. The summed E-state index contributed by atoms with van der Waals surface area (Å²) in [7, 11) is 0. The molecule has 1 saturated carbocycles. The molecular weight excluding hydrogens is 414 g/mol. The predicted octanol–water partition coefficient (Wildman–Crippen LogP) is 4.92. The van der Waals surface area contributed by atoms with Crippen LogP contribution in [0.2, 0.25) is 0 Å². The quantitative estimate of drug-likeness (QED) is 0.334. The SMILES string of the molecule is N#Cc1ccccc1-c1ccc(C(=O)N(C2CC2)C2CCc3[nH]ncc3C2)c(CN=[N+]=[N-])c1. The Balaban J connectivity index is 1.51. The average Bonchev–Trinajstić information content (AvgIpc) is 3.57. The second kappa shape index (κ2) is 8.81. The topological polar surface area (TPSA) is 122 Å². The van der Waals surface area contributed by atoms with Crippen LogP contribution in [0.3, 0.4) is 0 Å². The lowest BCUT2D eigenvalue weighted by molar-refractivity contribution is 0.0641. The Kier molecular flexibility index (Phi) is 5.55. The van der Waals surface area contributed by atoms with Gasteiger partial charge in [0.05, 0.1) is 24.4 Å². The third kappa shape index (κ3) is 4.07. The number of H-pyrrole nitrogens is 1. The Bertz CT molecular complexity index is 1290. The molecule has 1 N–H and O–H groups in total. The van der Waals surface area contributed by atoms with Crippen molar-refractivity contribution < 1.29 is 4.79 Å². The summed E-state index contributed by atoms with van der Waals surface area (Å²) in [6.45, 7) is 0.0786. The van der Waals surface area contributed by atoms with E-state index in [0.717, 1.165) is 43.2 Å². The molecule has 0 saturated heterocycles. The number of aromatic nitrogens is 2. The van der Waals surface area contributed by atoms with Crippen LogP contribution >= 0.6 is 0 Å². The minimum atomic E-state index is -0.0160. The number of benzene rings is 2. The Morgan fingerprint density at radius 3 is 2.88 bits per heavy atom. The van der Waals surface area contributed by atoms with E-state index < -0.39 is 0 Å². The number of rotatable bonds is 6. The summed E-state index contributed by atoms with van der Waals surface area (Å²) in [6.07, 6.45) is 6.47. The maximum absolute atomic E-state index is 13.8. The molecule has 1 fully saturated rings. The summed E-state index contributed by atoms with van der Waals surface area (Å²) in [4.78, 5) is 18.8. The van der Waals surface area contributed by atoms with Gasteiger partial charge < -0.3 is 4.90 Å².